The molecule has 2 aromatic carbocycles. The van der Waals surface area contributed by atoms with Gasteiger partial charge < -0.3 is 14.3 Å². The molecule has 1 N–H and O–H groups in total. The molecule has 2 aromatic heterocycles. The van der Waals surface area contributed by atoms with Gasteiger partial charge in [-0.15, -0.1) is 5.10 Å². The van der Waals surface area contributed by atoms with Crippen LogP contribution in [0.5, 0.6) is 5.88 Å². The zero-order valence-electron chi connectivity index (χ0n) is 17.1. The van der Waals surface area contributed by atoms with Gasteiger partial charge >= 0.3 is 5.97 Å². The number of hydrogen-bond acceptors (Lipinski definition) is 5. The van der Waals surface area contributed by atoms with Crippen molar-refractivity contribution in [1.29, 1.82) is 0 Å². The molecular weight excluding hydrogens is 382 g/mol. The quantitative estimate of drug-likeness (QED) is 0.487. The van der Waals surface area contributed by atoms with Crippen molar-refractivity contribution in [2.24, 2.45) is 0 Å². The van der Waals surface area contributed by atoms with Crippen LogP contribution in [0.1, 0.15) is 25.3 Å². The Morgan fingerprint density at radius 2 is 1.83 bits per heavy atom. The summed E-state index contributed by atoms with van der Waals surface area (Å²) in [6, 6.07) is 17.4. The molecule has 2 heterocycles. The number of aliphatic carboxylic acids is 1. The van der Waals surface area contributed by atoms with E-state index in [0.717, 1.165) is 27.9 Å². The van der Waals surface area contributed by atoms with Gasteiger partial charge in [0, 0.05) is 18.5 Å². The average molecular weight is 405 g/mol. The number of aromatic nitrogens is 3. The Balaban J connectivity index is 1.59. The molecule has 0 atom stereocenters. The summed E-state index contributed by atoms with van der Waals surface area (Å²) in [5, 5.41) is 14.7. The molecule has 0 aliphatic carbocycles. The number of carbonyl (C=O) groups is 1. The van der Waals surface area contributed by atoms with Crippen LogP contribution in [0.3, 0.4) is 0 Å². The summed E-state index contributed by atoms with van der Waals surface area (Å²) in [5.41, 5.74) is 1.29. The maximum absolute atomic E-state index is 11.5. The van der Waals surface area contributed by atoms with Gasteiger partial charge in [0.2, 0.25) is 17.4 Å². The highest BCUT2D eigenvalue weighted by molar-refractivity contribution is 5.85. The predicted molar refractivity (Wildman–Crippen MR) is 112 cm³/mol. The number of hydrogen-bond donors (Lipinski definition) is 1. The fourth-order valence-corrected chi connectivity index (χ4v) is 3.20. The molecule has 4 aromatic rings. The first-order valence-corrected chi connectivity index (χ1v) is 9.75. The van der Waals surface area contributed by atoms with Gasteiger partial charge in [-0.2, -0.15) is 0 Å². The summed E-state index contributed by atoms with van der Waals surface area (Å²) in [6.07, 6.45) is 0.621. The lowest BCUT2D eigenvalue weighted by molar-refractivity contribution is -0.152. The minimum absolute atomic E-state index is 0.305. The summed E-state index contributed by atoms with van der Waals surface area (Å²) in [5.74, 6) is 0.627. The third kappa shape index (κ3) is 3.78. The van der Waals surface area contributed by atoms with Crippen LogP contribution in [0.4, 0.5) is 0 Å². The maximum atomic E-state index is 11.5. The van der Waals surface area contributed by atoms with Crippen molar-refractivity contribution < 1.29 is 19.1 Å². The van der Waals surface area contributed by atoms with E-state index in [4.69, 9.17) is 9.15 Å². The van der Waals surface area contributed by atoms with Gasteiger partial charge in [-0.3, -0.25) is 4.68 Å². The first-order chi connectivity index (χ1) is 14.3. The summed E-state index contributed by atoms with van der Waals surface area (Å²) in [6.45, 7) is 5.47. The molecule has 0 aliphatic heterocycles. The second-order valence-electron chi connectivity index (χ2n) is 7.60. The second-order valence-corrected chi connectivity index (χ2v) is 7.60. The normalized spacial score (nSPS) is 11.7. The topological polar surface area (TPSA) is 90.4 Å². The summed E-state index contributed by atoms with van der Waals surface area (Å²) in [7, 11) is 0. The number of benzene rings is 2. The summed E-state index contributed by atoms with van der Waals surface area (Å²) < 4.78 is 13.4. The van der Waals surface area contributed by atoms with E-state index in [1.807, 2.05) is 66.2 Å². The number of para-hydroxylation sites is 1. The molecule has 0 bridgehead atoms. The third-order valence-electron chi connectivity index (χ3n) is 4.96. The van der Waals surface area contributed by atoms with Gasteiger partial charge in [0.05, 0.1) is 16.6 Å². The lowest BCUT2D eigenvalue weighted by Crippen LogP contribution is -2.38. The molecule has 0 saturated heterocycles. The highest BCUT2D eigenvalue weighted by Gasteiger charge is 2.31. The number of nitrogens with zero attached hydrogens (tertiary/aromatic N) is 3. The van der Waals surface area contributed by atoms with Gasteiger partial charge in [0.1, 0.15) is 5.76 Å². The van der Waals surface area contributed by atoms with Gasteiger partial charge in [-0.25, -0.2) is 9.78 Å². The van der Waals surface area contributed by atoms with Crippen LogP contribution >= 0.6 is 0 Å². The molecule has 7 nitrogen and oxygen atoms in total. The van der Waals surface area contributed by atoms with Crippen LogP contribution in [0.15, 0.2) is 59.0 Å². The zero-order valence-corrected chi connectivity index (χ0v) is 17.1. The molecule has 7 heteroatoms. The smallest absolute Gasteiger partial charge is 0.347 e. The van der Waals surface area contributed by atoms with Crippen molar-refractivity contribution in [3.63, 3.8) is 0 Å². The SMILES string of the molecule is Cc1oc(-c2ccccc2)nc1CCn1nc(OC(C)(C)C(=O)O)c2ccccc21. The van der Waals surface area contributed by atoms with Crippen LogP contribution in [0.2, 0.25) is 0 Å². The van der Waals surface area contributed by atoms with Crippen molar-refractivity contribution in [2.45, 2.75) is 39.3 Å². The van der Waals surface area contributed by atoms with E-state index < -0.39 is 11.6 Å². The summed E-state index contributed by atoms with van der Waals surface area (Å²) in [4.78, 5) is 16.1. The predicted octanol–water partition coefficient (Wildman–Crippen LogP) is 4.48. The third-order valence-corrected chi connectivity index (χ3v) is 4.96. The van der Waals surface area contributed by atoms with Crippen molar-refractivity contribution >= 4 is 16.9 Å². The standard InChI is InChI=1S/C23H23N3O4/c1-15-18(24-20(29-15)16-9-5-4-6-10-16)13-14-26-19-12-8-7-11-17(19)21(25-26)30-23(2,3)22(27)28/h4-12H,13-14H2,1-3H3,(H,27,28). The Labute approximate surface area is 173 Å². The van der Waals surface area contributed by atoms with Crippen LogP contribution in [-0.2, 0) is 17.8 Å². The van der Waals surface area contributed by atoms with Crippen molar-refractivity contribution in [2.75, 3.05) is 0 Å². The van der Waals surface area contributed by atoms with E-state index in [-0.39, 0.29) is 0 Å². The highest BCUT2D eigenvalue weighted by atomic mass is 16.5. The minimum atomic E-state index is -1.38. The molecular formula is C23H23N3O4. The average Bonchev–Trinajstić information content (AvgIpc) is 3.27. The lowest BCUT2D eigenvalue weighted by Gasteiger charge is -2.19. The Bertz CT molecular complexity index is 1190. The number of fused-ring (bicyclic) bond motifs is 1. The summed E-state index contributed by atoms with van der Waals surface area (Å²) >= 11 is 0. The number of oxazole rings is 1. The molecule has 0 unspecified atom stereocenters. The van der Waals surface area contributed by atoms with Crippen molar-refractivity contribution in [3.05, 3.63) is 66.1 Å². The van der Waals surface area contributed by atoms with E-state index in [1.165, 1.54) is 13.8 Å². The molecule has 0 spiro atoms. The number of rotatable bonds is 7. The number of carboxylic acids is 1. The lowest BCUT2D eigenvalue weighted by atomic mass is 10.1. The Kier molecular flexibility index (Phi) is 5.03. The largest absolute Gasteiger partial charge is 0.478 e. The maximum Gasteiger partial charge on any atom is 0.347 e. The Hall–Kier alpha value is -3.61. The number of aryl methyl sites for hydroxylation is 3. The second kappa shape index (κ2) is 7.67. The number of carboxylic acid groups (broad SMARTS) is 1. The van der Waals surface area contributed by atoms with Crippen molar-refractivity contribution in [3.8, 4) is 17.3 Å². The van der Waals surface area contributed by atoms with Crippen LogP contribution in [0.25, 0.3) is 22.4 Å². The van der Waals surface area contributed by atoms with Gasteiger partial charge in [-0.1, -0.05) is 30.3 Å². The molecule has 0 saturated carbocycles. The van der Waals surface area contributed by atoms with Crippen LogP contribution in [-0.4, -0.2) is 31.4 Å². The Morgan fingerprint density at radius 3 is 2.57 bits per heavy atom. The fourth-order valence-electron chi connectivity index (χ4n) is 3.20. The zero-order chi connectivity index (χ0) is 21.3. The van der Waals surface area contributed by atoms with E-state index >= 15 is 0 Å². The van der Waals surface area contributed by atoms with E-state index in [1.54, 1.807) is 0 Å². The first-order valence-electron chi connectivity index (χ1n) is 9.75. The number of ether oxygens (including phenoxy) is 1. The molecule has 30 heavy (non-hydrogen) atoms. The molecule has 0 aliphatic rings. The molecule has 0 radical (unpaired) electrons. The first kappa shape index (κ1) is 19.7. The minimum Gasteiger partial charge on any atom is -0.478 e. The molecule has 0 fully saturated rings. The molecule has 4 rings (SSSR count). The van der Waals surface area contributed by atoms with Gasteiger partial charge in [0.15, 0.2) is 0 Å². The van der Waals surface area contributed by atoms with E-state index in [9.17, 15) is 9.90 Å². The van der Waals surface area contributed by atoms with Crippen LogP contribution in [0, 0.1) is 6.92 Å². The van der Waals surface area contributed by atoms with Crippen LogP contribution < -0.4 is 4.74 Å². The molecule has 154 valence electrons. The van der Waals surface area contributed by atoms with E-state index in [0.29, 0.717) is 24.7 Å². The molecule has 0 amide bonds. The van der Waals surface area contributed by atoms with E-state index in [2.05, 4.69) is 10.1 Å². The van der Waals surface area contributed by atoms with Gasteiger partial charge in [-0.05, 0) is 45.0 Å². The fraction of sp³-hybridized carbons (Fsp3) is 0.261. The highest BCUT2D eigenvalue weighted by Crippen LogP contribution is 2.29. The van der Waals surface area contributed by atoms with Crippen molar-refractivity contribution in [1.82, 2.24) is 14.8 Å². The monoisotopic (exact) mass is 405 g/mol. The van der Waals surface area contributed by atoms with Gasteiger partial charge in [0.25, 0.3) is 0 Å². The Morgan fingerprint density at radius 1 is 1.13 bits per heavy atom.